The summed E-state index contributed by atoms with van der Waals surface area (Å²) >= 11 is 0. The summed E-state index contributed by atoms with van der Waals surface area (Å²) in [5, 5.41) is 0. The first-order valence-corrected chi connectivity index (χ1v) is 16.0. The first kappa shape index (κ1) is 44.2. The van der Waals surface area contributed by atoms with E-state index in [4.69, 9.17) is 0 Å². The molecule has 3 aromatic rings. The molecule has 0 bridgehead atoms. The second kappa shape index (κ2) is 30.2. The number of halogens is 1. The van der Waals surface area contributed by atoms with E-state index < -0.39 is 0 Å². The molecule has 1 nitrogen and oxygen atoms in total. The number of benzene rings is 3. The van der Waals surface area contributed by atoms with Gasteiger partial charge in [-0.15, -0.1) is 13.2 Å². The summed E-state index contributed by atoms with van der Waals surface area (Å²) in [6, 6.07) is 25.4. The Labute approximate surface area is 266 Å². The number of hydrogen-bond acceptors (Lipinski definition) is 1. The van der Waals surface area contributed by atoms with Crippen molar-refractivity contribution in [3.05, 3.63) is 131 Å². The van der Waals surface area contributed by atoms with Crippen LogP contribution < -0.4 is 0 Å². The van der Waals surface area contributed by atoms with Crippen molar-refractivity contribution in [3.63, 3.8) is 0 Å². The lowest BCUT2D eigenvalue weighted by Crippen LogP contribution is -1.97. The molecule has 0 radical (unpaired) electrons. The largest absolute Gasteiger partial charge is 0.295 e. The Morgan fingerprint density at radius 3 is 1.58 bits per heavy atom. The summed E-state index contributed by atoms with van der Waals surface area (Å²) in [4.78, 5) is 11.1. The highest BCUT2D eigenvalue weighted by atomic mass is 19.1. The fourth-order valence-corrected chi connectivity index (χ4v) is 3.10. The zero-order valence-electron chi connectivity index (χ0n) is 29.5. The Morgan fingerprint density at radius 1 is 0.767 bits per heavy atom. The number of aryl methyl sites for hydroxylation is 4. The standard InChI is InChI=1S/C14H18O.C9H12.C7H7F.C4H8.C3H8.C2H6.C2H4/c1-11(12(2)13(3)15)9-10-14-7-5-4-6-8-14;1-3-9-6-4-5-8(2)7-9;1-6-2-4-7(8)5-3-6;1-4-2-3-4;1-3-2;2*1-2/h4-8H,9-10H2,1-3H3;4-7H,3H2,1-2H3;2-5H,1H3;4H,2-3H2,1H3;3H2,1-2H3;1-2H3;1-2H2/b12-11+;;;;;;. The van der Waals surface area contributed by atoms with Gasteiger partial charge in [-0.25, -0.2) is 4.39 Å². The lowest BCUT2D eigenvalue weighted by molar-refractivity contribution is -0.113. The molecule has 3 aromatic carbocycles. The van der Waals surface area contributed by atoms with Gasteiger partial charge in [0.25, 0.3) is 0 Å². The van der Waals surface area contributed by atoms with Crippen LogP contribution in [0.4, 0.5) is 4.39 Å². The van der Waals surface area contributed by atoms with E-state index in [-0.39, 0.29) is 11.6 Å². The maximum Gasteiger partial charge on any atom is 0.155 e. The van der Waals surface area contributed by atoms with Gasteiger partial charge >= 0.3 is 0 Å². The first-order chi connectivity index (χ1) is 20.5. The van der Waals surface area contributed by atoms with Crippen molar-refractivity contribution in [2.45, 2.75) is 115 Å². The maximum atomic E-state index is 12.1. The number of carbonyl (C=O) groups is 1. The average molecular weight is 591 g/mol. The summed E-state index contributed by atoms with van der Waals surface area (Å²) in [6.07, 6.45) is 7.34. The fraction of sp³-hybridized carbons (Fsp3) is 0.439. The number of rotatable bonds is 5. The van der Waals surface area contributed by atoms with Gasteiger partial charge < -0.3 is 0 Å². The Hall–Kier alpha value is -3.26. The van der Waals surface area contributed by atoms with Crippen molar-refractivity contribution in [1.29, 1.82) is 0 Å². The molecule has 1 saturated carbocycles. The van der Waals surface area contributed by atoms with E-state index in [1.807, 2.05) is 52.8 Å². The maximum absolute atomic E-state index is 12.1. The van der Waals surface area contributed by atoms with E-state index in [2.05, 4.69) is 84.2 Å². The minimum Gasteiger partial charge on any atom is -0.295 e. The van der Waals surface area contributed by atoms with Crippen molar-refractivity contribution in [3.8, 4) is 0 Å². The molecular formula is C41H63FO. The van der Waals surface area contributed by atoms with Crippen molar-refractivity contribution in [2.75, 3.05) is 0 Å². The van der Waals surface area contributed by atoms with Crippen LogP contribution in [0.3, 0.4) is 0 Å². The van der Waals surface area contributed by atoms with E-state index in [0.717, 1.165) is 36.3 Å². The molecule has 1 aliphatic carbocycles. The van der Waals surface area contributed by atoms with Crippen molar-refractivity contribution < 1.29 is 9.18 Å². The Balaban J connectivity index is -0.000000492. The average Bonchev–Trinajstić information content (AvgIpc) is 3.82. The predicted molar refractivity (Wildman–Crippen MR) is 192 cm³/mol. The highest BCUT2D eigenvalue weighted by Gasteiger charge is 2.12. The van der Waals surface area contributed by atoms with Gasteiger partial charge in [-0.2, -0.15) is 0 Å². The van der Waals surface area contributed by atoms with Crippen molar-refractivity contribution in [2.24, 2.45) is 5.92 Å². The van der Waals surface area contributed by atoms with Gasteiger partial charge in [-0.1, -0.05) is 144 Å². The highest BCUT2D eigenvalue weighted by Crippen LogP contribution is 2.26. The second-order valence-electron chi connectivity index (χ2n) is 10.5. The van der Waals surface area contributed by atoms with Crippen LogP contribution in [0, 0.1) is 25.6 Å². The number of Topliss-reactive ketones (excluding diaryl/α,β-unsaturated/α-hetero) is 1. The molecule has 1 fully saturated rings. The van der Waals surface area contributed by atoms with Crippen LogP contribution in [0.25, 0.3) is 0 Å². The smallest absolute Gasteiger partial charge is 0.155 e. The molecular weight excluding hydrogens is 527 g/mol. The van der Waals surface area contributed by atoms with E-state index >= 15 is 0 Å². The number of ketones is 1. The molecule has 1 aliphatic rings. The van der Waals surface area contributed by atoms with E-state index in [1.54, 1.807) is 19.1 Å². The molecule has 0 unspecified atom stereocenters. The monoisotopic (exact) mass is 590 g/mol. The number of allylic oxidation sites excluding steroid dienone is 2. The molecule has 0 amide bonds. The highest BCUT2D eigenvalue weighted by molar-refractivity contribution is 5.93. The Kier molecular flexibility index (Phi) is 31.0. The summed E-state index contributed by atoms with van der Waals surface area (Å²) in [7, 11) is 0. The zero-order chi connectivity index (χ0) is 33.6. The van der Waals surface area contributed by atoms with Gasteiger partial charge in [-0.05, 0) is 88.6 Å². The minimum absolute atomic E-state index is 0.171. The molecule has 0 atom stereocenters. The van der Waals surface area contributed by atoms with Gasteiger partial charge in [0.1, 0.15) is 5.82 Å². The van der Waals surface area contributed by atoms with Crippen LogP contribution in [-0.4, -0.2) is 5.78 Å². The van der Waals surface area contributed by atoms with Gasteiger partial charge in [0, 0.05) is 0 Å². The van der Waals surface area contributed by atoms with Crippen LogP contribution in [0.1, 0.15) is 110 Å². The van der Waals surface area contributed by atoms with E-state index in [0.29, 0.717) is 0 Å². The minimum atomic E-state index is -0.171. The van der Waals surface area contributed by atoms with Crippen LogP contribution >= 0.6 is 0 Å². The van der Waals surface area contributed by atoms with Crippen molar-refractivity contribution >= 4 is 5.78 Å². The lowest BCUT2D eigenvalue weighted by Gasteiger charge is -2.05. The van der Waals surface area contributed by atoms with Crippen molar-refractivity contribution in [1.82, 2.24) is 0 Å². The number of hydrogen-bond donors (Lipinski definition) is 0. The molecule has 0 aliphatic heterocycles. The molecule has 0 aromatic heterocycles. The van der Waals surface area contributed by atoms with Gasteiger partial charge in [-0.3, -0.25) is 4.79 Å². The van der Waals surface area contributed by atoms with Gasteiger partial charge in [0.05, 0.1) is 0 Å². The zero-order valence-corrected chi connectivity index (χ0v) is 29.5. The lowest BCUT2D eigenvalue weighted by atomic mass is 10.0. The molecule has 4 rings (SSSR count). The summed E-state index contributed by atoms with van der Waals surface area (Å²) in [5.74, 6) is 1.09. The third-order valence-electron chi connectivity index (χ3n) is 6.17. The van der Waals surface area contributed by atoms with Crippen LogP contribution in [0.2, 0.25) is 0 Å². The van der Waals surface area contributed by atoms with Gasteiger partial charge in [0.2, 0.25) is 0 Å². The van der Waals surface area contributed by atoms with Crippen LogP contribution in [-0.2, 0) is 17.6 Å². The quantitative estimate of drug-likeness (QED) is 0.213. The summed E-state index contributed by atoms with van der Waals surface area (Å²) in [5.41, 5.74) is 7.31. The Bertz CT molecular complexity index is 1060. The van der Waals surface area contributed by atoms with E-state index in [1.165, 1.54) is 53.7 Å². The third kappa shape index (κ3) is 28.6. The normalized spacial score (nSPS) is 11.1. The first-order valence-electron chi connectivity index (χ1n) is 16.0. The molecule has 0 spiro atoms. The van der Waals surface area contributed by atoms with Crippen LogP contribution in [0.15, 0.2) is 103 Å². The molecule has 0 N–H and O–H groups in total. The topological polar surface area (TPSA) is 17.1 Å². The fourth-order valence-electron chi connectivity index (χ4n) is 3.10. The summed E-state index contributed by atoms with van der Waals surface area (Å²) in [6.45, 7) is 28.3. The summed E-state index contributed by atoms with van der Waals surface area (Å²) < 4.78 is 12.1. The molecule has 2 heteroatoms. The van der Waals surface area contributed by atoms with Gasteiger partial charge in [0.15, 0.2) is 5.78 Å². The van der Waals surface area contributed by atoms with E-state index in [9.17, 15) is 9.18 Å². The third-order valence-corrected chi connectivity index (χ3v) is 6.17. The predicted octanol–water partition coefficient (Wildman–Crippen LogP) is 12.9. The Morgan fingerprint density at radius 2 is 1.23 bits per heavy atom. The molecule has 0 heterocycles. The number of carbonyl (C=O) groups excluding carboxylic acids is 1. The SMILES string of the molecule is C=C.CC.CC(=O)/C(C)=C(\C)CCc1ccccc1.CC1CC1.CCC.CCc1cccc(C)c1.Cc1ccc(F)cc1. The molecule has 240 valence electrons. The molecule has 43 heavy (non-hydrogen) atoms. The second-order valence-corrected chi connectivity index (χ2v) is 10.5. The molecule has 0 saturated heterocycles. The van der Waals surface area contributed by atoms with Crippen LogP contribution in [0.5, 0.6) is 0 Å².